The Morgan fingerprint density at radius 2 is 1.92 bits per heavy atom. The normalized spacial score (nSPS) is 26.4. The molecule has 3 unspecified atom stereocenters. The van der Waals surface area contributed by atoms with Crippen molar-refractivity contribution in [2.24, 2.45) is 5.92 Å². The van der Waals surface area contributed by atoms with E-state index in [1.54, 1.807) is 12.2 Å². The van der Waals surface area contributed by atoms with Crippen molar-refractivity contribution >= 4 is 12.0 Å². The van der Waals surface area contributed by atoms with Gasteiger partial charge >= 0.3 is 0 Å². The molecule has 0 bridgehead atoms. The number of hydrogen-bond acceptors (Lipinski definition) is 3. The molecule has 1 aromatic heterocycles. The summed E-state index contributed by atoms with van der Waals surface area (Å²) in [6.07, 6.45) is 4.66. The predicted molar refractivity (Wildman–Crippen MR) is 103 cm³/mol. The maximum atomic E-state index is 12.8. The number of benzene rings is 1. The summed E-state index contributed by atoms with van der Waals surface area (Å²) >= 11 is 0. The molecule has 4 rings (SSSR count). The molecule has 2 aromatic rings. The zero-order chi connectivity index (χ0) is 18.1. The van der Waals surface area contributed by atoms with Gasteiger partial charge in [0.05, 0.1) is 6.04 Å². The van der Waals surface area contributed by atoms with Gasteiger partial charge < -0.3 is 14.2 Å². The Morgan fingerprint density at radius 1 is 1.15 bits per heavy atom. The van der Waals surface area contributed by atoms with Gasteiger partial charge in [0.2, 0.25) is 5.91 Å². The van der Waals surface area contributed by atoms with Crippen LogP contribution in [0.1, 0.15) is 42.4 Å². The highest BCUT2D eigenvalue weighted by atomic mass is 16.3. The largest absolute Gasteiger partial charge is 0.461 e. The Bertz CT molecular complexity index is 795. The van der Waals surface area contributed by atoms with E-state index in [2.05, 4.69) is 31.0 Å². The number of likely N-dealkylation sites (N-methyl/N-ethyl adjacent to an activating group) is 1. The number of amides is 1. The molecular formula is C22H26N2O2. The first-order valence-electron chi connectivity index (χ1n) is 9.43. The van der Waals surface area contributed by atoms with E-state index in [0.29, 0.717) is 5.92 Å². The van der Waals surface area contributed by atoms with Crippen LogP contribution in [-0.4, -0.2) is 42.4 Å². The predicted octanol–water partition coefficient (Wildman–Crippen LogP) is 3.93. The van der Waals surface area contributed by atoms with Gasteiger partial charge in [-0.05, 0) is 43.2 Å². The Morgan fingerprint density at radius 3 is 2.65 bits per heavy atom. The van der Waals surface area contributed by atoms with E-state index >= 15 is 0 Å². The van der Waals surface area contributed by atoms with Gasteiger partial charge in [0.25, 0.3) is 0 Å². The SMILES string of the molecule is CC1CC1c1ccc(/C=C/C(=O)N2CCN(C)CC2c2ccccc2)o1. The van der Waals surface area contributed by atoms with E-state index in [4.69, 9.17) is 4.42 Å². The van der Waals surface area contributed by atoms with Crippen LogP contribution < -0.4 is 0 Å². The molecule has 136 valence electrons. The average molecular weight is 350 g/mol. The van der Waals surface area contributed by atoms with Crippen molar-refractivity contribution in [2.45, 2.75) is 25.3 Å². The number of furan rings is 1. The number of rotatable bonds is 4. The number of piperazine rings is 1. The second-order valence-electron chi connectivity index (χ2n) is 7.61. The third-order valence-corrected chi connectivity index (χ3v) is 5.56. The zero-order valence-corrected chi connectivity index (χ0v) is 15.5. The fraction of sp³-hybridized carbons (Fsp3) is 0.409. The average Bonchev–Trinajstić information content (AvgIpc) is 3.20. The molecule has 1 aliphatic heterocycles. The zero-order valence-electron chi connectivity index (χ0n) is 15.5. The Hall–Kier alpha value is -2.33. The molecule has 2 fully saturated rings. The van der Waals surface area contributed by atoms with Crippen LogP contribution in [0, 0.1) is 5.92 Å². The highest BCUT2D eigenvalue weighted by Crippen LogP contribution is 2.47. The Kier molecular flexibility index (Phi) is 4.68. The van der Waals surface area contributed by atoms with Crippen molar-refractivity contribution in [1.82, 2.24) is 9.80 Å². The van der Waals surface area contributed by atoms with Crippen molar-refractivity contribution in [3.8, 4) is 0 Å². The maximum absolute atomic E-state index is 12.8. The molecule has 0 radical (unpaired) electrons. The van der Waals surface area contributed by atoms with Crippen molar-refractivity contribution in [1.29, 1.82) is 0 Å². The topological polar surface area (TPSA) is 36.7 Å². The Labute approximate surface area is 155 Å². The van der Waals surface area contributed by atoms with Crippen LogP contribution in [0.5, 0.6) is 0 Å². The third kappa shape index (κ3) is 3.61. The van der Waals surface area contributed by atoms with Crippen molar-refractivity contribution in [3.05, 3.63) is 65.6 Å². The van der Waals surface area contributed by atoms with Crippen LogP contribution in [-0.2, 0) is 4.79 Å². The minimum atomic E-state index is 0.0460. The van der Waals surface area contributed by atoms with Crippen molar-refractivity contribution in [3.63, 3.8) is 0 Å². The smallest absolute Gasteiger partial charge is 0.247 e. The van der Waals surface area contributed by atoms with Gasteiger partial charge in [0.15, 0.2) is 0 Å². The first kappa shape index (κ1) is 17.1. The van der Waals surface area contributed by atoms with Gasteiger partial charge in [-0.1, -0.05) is 37.3 Å². The van der Waals surface area contributed by atoms with E-state index in [1.807, 2.05) is 35.2 Å². The molecule has 26 heavy (non-hydrogen) atoms. The lowest BCUT2D eigenvalue weighted by Gasteiger charge is -2.39. The van der Waals surface area contributed by atoms with Gasteiger partial charge in [-0.25, -0.2) is 0 Å². The summed E-state index contributed by atoms with van der Waals surface area (Å²) < 4.78 is 5.88. The monoisotopic (exact) mass is 350 g/mol. The van der Waals surface area contributed by atoms with Gasteiger partial charge in [-0.2, -0.15) is 0 Å². The highest BCUT2D eigenvalue weighted by Gasteiger charge is 2.36. The molecule has 0 spiro atoms. The van der Waals surface area contributed by atoms with Crippen LogP contribution in [0.2, 0.25) is 0 Å². The molecule has 2 aliphatic rings. The van der Waals surface area contributed by atoms with Crippen LogP contribution in [0.4, 0.5) is 0 Å². The lowest BCUT2D eigenvalue weighted by atomic mass is 10.0. The van der Waals surface area contributed by atoms with Gasteiger partial charge in [-0.15, -0.1) is 0 Å². The first-order chi connectivity index (χ1) is 12.6. The molecular weight excluding hydrogens is 324 g/mol. The second kappa shape index (κ2) is 7.12. The number of nitrogens with zero attached hydrogens (tertiary/aromatic N) is 2. The van der Waals surface area contributed by atoms with Crippen LogP contribution in [0.25, 0.3) is 6.08 Å². The summed E-state index contributed by atoms with van der Waals surface area (Å²) in [7, 11) is 2.11. The molecule has 1 aromatic carbocycles. The maximum Gasteiger partial charge on any atom is 0.247 e. The van der Waals surface area contributed by atoms with E-state index < -0.39 is 0 Å². The first-order valence-corrected chi connectivity index (χ1v) is 9.43. The third-order valence-electron chi connectivity index (χ3n) is 5.56. The summed E-state index contributed by atoms with van der Waals surface area (Å²) in [5, 5.41) is 0. The summed E-state index contributed by atoms with van der Waals surface area (Å²) in [6, 6.07) is 14.4. The molecule has 1 saturated carbocycles. The van der Waals surface area contributed by atoms with E-state index in [0.717, 1.165) is 37.1 Å². The van der Waals surface area contributed by atoms with Crippen LogP contribution >= 0.6 is 0 Å². The van der Waals surface area contributed by atoms with Gasteiger partial charge in [0.1, 0.15) is 11.5 Å². The molecule has 1 aliphatic carbocycles. The summed E-state index contributed by atoms with van der Waals surface area (Å²) in [4.78, 5) is 17.1. The van der Waals surface area contributed by atoms with E-state index in [-0.39, 0.29) is 11.9 Å². The molecule has 0 N–H and O–H groups in total. The number of hydrogen-bond donors (Lipinski definition) is 0. The fourth-order valence-electron chi connectivity index (χ4n) is 3.77. The summed E-state index contributed by atoms with van der Waals surface area (Å²) in [5.74, 6) is 3.14. The lowest BCUT2D eigenvalue weighted by Crippen LogP contribution is -2.48. The molecule has 3 atom stereocenters. The minimum absolute atomic E-state index is 0.0460. The second-order valence-corrected chi connectivity index (χ2v) is 7.61. The van der Waals surface area contributed by atoms with Crippen LogP contribution in [0.15, 0.2) is 53.0 Å². The quantitative estimate of drug-likeness (QED) is 0.784. The molecule has 4 nitrogen and oxygen atoms in total. The number of carbonyl (C=O) groups is 1. The van der Waals surface area contributed by atoms with Crippen molar-refractivity contribution < 1.29 is 9.21 Å². The van der Waals surface area contributed by atoms with Gasteiger partial charge in [-0.3, -0.25) is 4.79 Å². The summed E-state index contributed by atoms with van der Waals surface area (Å²) in [5.41, 5.74) is 1.18. The lowest BCUT2D eigenvalue weighted by molar-refractivity contribution is -0.130. The Balaban J connectivity index is 1.47. The fourth-order valence-corrected chi connectivity index (χ4v) is 3.77. The molecule has 1 amide bonds. The van der Waals surface area contributed by atoms with Gasteiger partial charge in [0, 0.05) is 31.6 Å². The molecule has 2 heterocycles. The molecule has 1 saturated heterocycles. The van der Waals surface area contributed by atoms with Crippen molar-refractivity contribution in [2.75, 3.05) is 26.7 Å². The minimum Gasteiger partial charge on any atom is -0.461 e. The highest BCUT2D eigenvalue weighted by molar-refractivity contribution is 5.91. The van der Waals surface area contributed by atoms with E-state index in [1.165, 1.54) is 12.0 Å². The number of carbonyl (C=O) groups excluding carboxylic acids is 1. The van der Waals surface area contributed by atoms with Crippen LogP contribution in [0.3, 0.4) is 0 Å². The summed E-state index contributed by atoms with van der Waals surface area (Å²) in [6.45, 7) is 4.73. The molecule has 4 heteroatoms. The van der Waals surface area contributed by atoms with E-state index in [9.17, 15) is 4.79 Å². The standard InChI is InChI=1S/C22H26N2O2/c1-16-14-19(16)21-10-8-18(26-21)9-11-22(25)24-13-12-23(2)15-20(24)17-6-4-3-5-7-17/h3-11,16,19-20H,12-15H2,1-2H3/b11-9+.